The molecule has 134 valence electrons. The lowest BCUT2D eigenvalue weighted by Gasteiger charge is -2.18. The second-order valence-electron chi connectivity index (χ2n) is 7.04. The third kappa shape index (κ3) is 3.25. The van der Waals surface area contributed by atoms with Gasteiger partial charge in [0.25, 0.3) is 5.91 Å². The Morgan fingerprint density at radius 3 is 2.88 bits per heavy atom. The molecule has 0 saturated heterocycles. The molecule has 0 atom stereocenters. The lowest BCUT2D eigenvalue weighted by atomic mass is 10.0. The minimum absolute atomic E-state index is 0.211. The van der Waals surface area contributed by atoms with Crippen LogP contribution in [0.5, 0.6) is 11.5 Å². The van der Waals surface area contributed by atoms with Gasteiger partial charge in [-0.3, -0.25) is 4.79 Å². The number of hydrogen-bond acceptors (Lipinski definition) is 4. The summed E-state index contributed by atoms with van der Waals surface area (Å²) in [5.41, 5.74) is 1.64. The first-order valence-corrected chi connectivity index (χ1v) is 8.72. The molecule has 1 aliphatic heterocycles. The van der Waals surface area contributed by atoms with Gasteiger partial charge >= 0.3 is 0 Å². The fourth-order valence-electron chi connectivity index (χ4n) is 3.21. The van der Waals surface area contributed by atoms with Crippen LogP contribution >= 0.6 is 0 Å². The van der Waals surface area contributed by atoms with Crippen LogP contribution in [0, 0.1) is 0 Å². The summed E-state index contributed by atoms with van der Waals surface area (Å²) in [6, 6.07) is 15.2. The Morgan fingerprint density at radius 2 is 2.04 bits per heavy atom. The van der Waals surface area contributed by atoms with Crippen LogP contribution in [0.15, 0.2) is 52.9 Å². The minimum Gasteiger partial charge on any atom is -0.488 e. The molecule has 0 radical (unpaired) electrons. The van der Waals surface area contributed by atoms with E-state index < -0.39 is 0 Å². The molecular formula is C21H21NO4. The first-order valence-electron chi connectivity index (χ1n) is 8.72. The summed E-state index contributed by atoms with van der Waals surface area (Å²) in [5, 5.41) is 3.73. The van der Waals surface area contributed by atoms with Crippen molar-refractivity contribution in [2.45, 2.75) is 25.9 Å². The summed E-state index contributed by atoms with van der Waals surface area (Å²) in [6.45, 7) is 4.85. The van der Waals surface area contributed by atoms with Gasteiger partial charge in [0.2, 0.25) is 0 Å². The number of rotatable bonds is 5. The molecule has 0 saturated carbocycles. The van der Waals surface area contributed by atoms with Gasteiger partial charge in [-0.2, -0.15) is 0 Å². The fraction of sp³-hybridized carbons (Fsp3) is 0.286. The molecule has 1 aliphatic rings. The van der Waals surface area contributed by atoms with E-state index in [2.05, 4.69) is 25.2 Å². The molecule has 2 aromatic carbocycles. The summed E-state index contributed by atoms with van der Waals surface area (Å²) >= 11 is 0. The monoisotopic (exact) mass is 351 g/mol. The maximum absolute atomic E-state index is 12.2. The first kappa shape index (κ1) is 16.5. The average molecular weight is 351 g/mol. The Bertz CT molecular complexity index is 925. The van der Waals surface area contributed by atoms with Gasteiger partial charge in [0.05, 0.1) is 6.54 Å². The zero-order valence-corrected chi connectivity index (χ0v) is 14.9. The van der Waals surface area contributed by atoms with E-state index in [9.17, 15) is 4.79 Å². The molecule has 1 N–H and O–H groups in total. The molecule has 4 rings (SSSR count). The van der Waals surface area contributed by atoms with Crippen molar-refractivity contribution in [3.63, 3.8) is 0 Å². The quantitative estimate of drug-likeness (QED) is 0.707. The standard InChI is InChI=1S/C21H21NO4/c1-21(2)13-15-7-5-9-17(19(15)26-21)24-11-10-22-20(23)18-12-14-6-3-4-8-16(14)25-18/h3-9,12H,10-11,13H2,1-2H3,(H,22,23). The lowest BCUT2D eigenvalue weighted by Crippen LogP contribution is -2.28. The fourth-order valence-corrected chi connectivity index (χ4v) is 3.21. The Hall–Kier alpha value is -2.95. The molecule has 3 aromatic rings. The summed E-state index contributed by atoms with van der Waals surface area (Å²) < 4.78 is 17.4. The summed E-state index contributed by atoms with van der Waals surface area (Å²) in [4.78, 5) is 12.2. The Kier molecular flexibility index (Phi) is 4.07. The van der Waals surface area contributed by atoms with E-state index in [0.717, 1.165) is 23.1 Å². The molecule has 5 heteroatoms. The van der Waals surface area contributed by atoms with Crippen LogP contribution in [0.2, 0.25) is 0 Å². The second kappa shape index (κ2) is 6.41. The van der Waals surface area contributed by atoms with Gasteiger partial charge in [0.15, 0.2) is 17.3 Å². The number of amides is 1. The maximum atomic E-state index is 12.2. The van der Waals surface area contributed by atoms with Crippen LogP contribution in [0.25, 0.3) is 11.0 Å². The van der Waals surface area contributed by atoms with Crippen LogP contribution in [0.3, 0.4) is 0 Å². The van der Waals surface area contributed by atoms with Crippen molar-refractivity contribution < 1.29 is 18.7 Å². The van der Waals surface area contributed by atoms with E-state index in [4.69, 9.17) is 13.9 Å². The van der Waals surface area contributed by atoms with Crippen molar-refractivity contribution in [2.75, 3.05) is 13.2 Å². The van der Waals surface area contributed by atoms with Gasteiger partial charge < -0.3 is 19.2 Å². The number of nitrogens with one attached hydrogen (secondary N) is 1. The van der Waals surface area contributed by atoms with Crippen molar-refractivity contribution in [1.82, 2.24) is 5.32 Å². The van der Waals surface area contributed by atoms with E-state index in [1.54, 1.807) is 6.07 Å². The molecule has 26 heavy (non-hydrogen) atoms. The van der Waals surface area contributed by atoms with E-state index in [1.807, 2.05) is 36.4 Å². The van der Waals surface area contributed by atoms with Gasteiger partial charge in [-0.05, 0) is 32.0 Å². The highest BCUT2D eigenvalue weighted by atomic mass is 16.5. The molecule has 0 fully saturated rings. The van der Waals surface area contributed by atoms with E-state index in [1.165, 1.54) is 0 Å². The highest BCUT2D eigenvalue weighted by molar-refractivity contribution is 5.96. The minimum atomic E-state index is -0.250. The summed E-state index contributed by atoms with van der Waals surface area (Å²) in [7, 11) is 0. The smallest absolute Gasteiger partial charge is 0.287 e. The van der Waals surface area contributed by atoms with Gasteiger partial charge in [-0.15, -0.1) is 0 Å². The Balaban J connectivity index is 1.33. The molecule has 2 heterocycles. The van der Waals surface area contributed by atoms with Crippen LogP contribution in [-0.4, -0.2) is 24.7 Å². The second-order valence-corrected chi connectivity index (χ2v) is 7.04. The van der Waals surface area contributed by atoms with Crippen LogP contribution in [-0.2, 0) is 6.42 Å². The maximum Gasteiger partial charge on any atom is 0.287 e. The lowest BCUT2D eigenvalue weighted by molar-refractivity contribution is 0.0920. The number of carbonyl (C=O) groups is 1. The molecular weight excluding hydrogens is 330 g/mol. The molecule has 0 spiro atoms. The molecule has 0 unspecified atom stereocenters. The van der Waals surface area contributed by atoms with Crippen molar-refractivity contribution in [2.24, 2.45) is 0 Å². The Morgan fingerprint density at radius 1 is 1.19 bits per heavy atom. The van der Waals surface area contributed by atoms with E-state index >= 15 is 0 Å². The first-order chi connectivity index (χ1) is 12.5. The van der Waals surface area contributed by atoms with Crippen molar-refractivity contribution in [3.8, 4) is 11.5 Å². The number of ether oxygens (including phenoxy) is 2. The van der Waals surface area contributed by atoms with E-state index in [-0.39, 0.29) is 11.5 Å². The third-order valence-corrected chi connectivity index (χ3v) is 4.35. The predicted molar refractivity (Wildman–Crippen MR) is 98.9 cm³/mol. The summed E-state index contributed by atoms with van der Waals surface area (Å²) in [5.74, 6) is 1.57. The van der Waals surface area contributed by atoms with E-state index in [0.29, 0.717) is 30.2 Å². The average Bonchev–Trinajstić information content (AvgIpc) is 3.18. The number of furan rings is 1. The Labute approximate surface area is 151 Å². The molecule has 0 bridgehead atoms. The van der Waals surface area contributed by atoms with Gasteiger partial charge in [-0.25, -0.2) is 0 Å². The van der Waals surface area contributed by atoms with Gasteiger partial charge in [-0.1, -0.05) is 30.3 Å². The summed E-state index contributed by atoms with van der Waals surface area (Å²) in [6.07, 6.45) is 0.863. The molecule has 1 aromatic heterocycles. The number of para-hydroxylation sites is 2. The van der Waals surface area contributed by atoms with Crippen molar-refractivity contribution in [1.29, 1.82) is 0 Å². The highest BCUT2D eigenvalue weighted by Crippen LogP contribution is 2.41. The number of benzene rings is 2. The van der Waals surface area contributed by atoms with Crippen molar-refractivity contribution in [3.05, 3.63) is 59.9 Å². The number of fused-ring (bicyclic) bond motifs is 2. The van der Waals surface area contributed by atoms with Crippen LogP contribution < -0.4 is 14.8 Å². The van der Waals surface area contributed by atoms with Gasteiger partial charge in [0.1, 0.15) is 17.8 Å². The van der Waals surface area contributed by atoms with Gasteiger partial charge in [0, 0.05) is 17.4 Å². The zero-order valence-electron chi connectivity index (χ0n) is 14.9. The normalized spacial score (nSPS) is 14.7. The predicted octanol–water partition coefficient (Wildman–Crippen LogP) is 3.96. The number of hydrogen-bond donors (Lipinski definition) is 1. The van der Waals surface area contributed by atoms with Crippen LogP contribution in [0.1, 0.15) is 30.0 Å². The third-order valence-electron chi connectivity index (χ3n) is 4.35. The number of carbonyl (C=O) groups excluding carboxylic acids is 1. The SMILES string of the molecule is CC1(C)Cc2cccc(OCCNC(=O)c3cc4ccccc4o3)c2O1. The highest BCUT2D eigenvalue weighted by Gasteiger charge is 2.32. The topological polar surface area (TPSA) is 60.7 Å². The largest absolute Gasteiger partial charge is 0.488 e. The zero-order chi connectivity index (χ0) is 18.1. The molecule has 5 nitrogen and oxygen atoms in total. The van der Waals surface area contributed by atoms with Crippen LogP contribution in [0.4, 0.5) is 0 Å². The molecule has 0 aliphatic carbocycles. The van der Waals surface area contributed by atoms with Crippen molar-refractivity contribution >= 4 is 16.9 Å². The molecule has 1 amide bonds.